The van der Waals surface area contributed by atoms with Gasteiger partial charge in [-0.05, 0) is 36.8 Å². The summed E-state index contributed by atoms with van der Waals surface area (Å²) in [6, 6.07) is 10.1. The molecule has 1 heterocycles. The molecule has 1 aliphatic rings. The number of terminal acetylenes is 1. The van der Waals surface area contributed by atoms with Crippen molar-refractivity contribution in [1.29, 1.82) is 0 Å². The lowest BCUT2D eigenvalue weighted by Gasteiger charge is -2.33. The number of nitrogens with one attached hydrogen (secondary N) is 1. The summed E-state index contributed by atoms with van der Waals surface area (Å²) in [7, 11) is 0. The van der Waals surface area contributed by atoms with Gasteiger partial charge < -0.3 is 5.32 Å². The fourth-order valence-corrected chi connectivity index (χ4v) is 3.01. The second kappa shape index (κ2) is 7.64. The lowest BCUT2D eigenvalue weighted by atomic mass is 9.98. The molecule has 1 saturated heterocycles. The van der Waals surface area contributed by atoms with Crippen LogP contribution in [0.4, 0.5) is 0 Å². The number of nitrogens with zero attached hydrogens (tertiary/aromatic N) is 1. The van der Waals surface area contributed by atoms with Crippen LogP contribution < -0.4 is 5.32 Å². The normalized spacial score (nSPS) is 18.6. The monoisotopic (exact) mass is 284 g/mol. The van der Waals surface area contributed by atoms with E-state index in [0.717, 1.165) is 19.6 Å². The number of benzene rings is 1. The zero-order valence-electron chi connectivity index (χ0n) is 13.6. The predicted molar refractivity (Wildman–Crippen MR) is 90.4 cm³/mol. The van der Waals surface area contributed by atoms with E-state index in [2.05, 4.69) is 61.2 Å². The molecule has 1 fully saturated rings. The Morgan fingerprint density at radius 2 is 1.71 bits per heavy atom. The van der Waals surface area contributed by atoms with Crippen molar-refractivity contribution < 1.29 is 0 Å². The smallest absolute Gasteiger partial charge is 0.0598 e. The third-order valence-electron chi connectivity index (χ3n) is 4.49. The fourth-order valence-electron chi connectivity index (χ4n) is 3.01. The number of piperidine rings is 1. The molecule has 1 N–H and O–H groups in total. The maximum Gasteiger partial charge on any atom is 0.0598 e. The maximum absolute atomic E-state index is 5.38. The van der Waals surface area contributed by atoms with E-state index in [1.807, 2.05) is 0 Å². The van der Waals surface area contributed by atoms with Crippen LogP contribution in [0.1, 0.15) is 56.7 Å². The molecule has 1 aromatic carbocycles. The van der Waals surface area contributed by atoms with Crippen molar-refractivity contribution in [2.24, 2.45) is 0 Å². The van der Waals surface area contributed by atoms with Crippen LogP contribution in [0.15, 0.2) is 24.3 Å². The quantitative estimate of drug-likeness (QED) is 0.832. The van der Waals surface area contributed by atoms with E-state index >= 15 is 0 Å². The average Bonchev–Trinajstić information content (AvgIpc) is 2.49. The van der Waals surface area contributed by atoms with E-state index in [0.29, 0.717) is 18.0 Å². The van der Waals surface area contributed by atoms with E-state index in [1.54, 1.807) is 0 Å². The average molecular weight is 284 g/mol. The van der Waals surface area contributed by atoms with Gasteiger partial charge in [-0.1, -0.05) is 44.0 Å². The van der Waals surface area contributed by atoms with E-state index in [1.165, 1.54) is 24.0 Å². The van der Waals surface area contributed by atoms with E-state index in [-0.39, 0.29) is 0 Å². The van der Waals surface area contributed by atoms with Crippen LogP contribution in [0, 0.1) is 12.3 Å². The first-order valence-electron chi connectivity index (χ1n) is 8.12. The molecule has 0 aromatic heterocycles. The highest BCUT2D eigenvalue weighted by atomic mass is 15.1. The van der Waals surface area contributed by atoms with Gasteiger partial charge in [-0.3, -0.25) is 4.90 Å². The van der Waals surface area contributed by atoms with Crippen LogP contribution in [-0.2, 0) is 0 Å². The lowest BCUT2D eigenvalue weighted by molar-refractivity contribution is 0.211. The zero-order chi connectivity index (χ0) is 15.2. The molecule has 0 spiro atoms. The zero-order valence-corrected chi connectivity index (χ0v) is 13.6. The minimum Gasteiger partial charge on any atom is -0.307 e. The highest BCUT2D eigenvalue weighted by Gasteiger charge is 2.20. The van der Waals surface area contributed by atoms with Crippen LogP contribution >= 0.6 is 0 Å². The minimum absolute atomic E-state index is 0.412. The molecule has 1 aliphatic heterocycles. The minimum atomic E-state index is 0.412. The van der Waals surface area contributed by atoms with Gasteiger partial charge in [0.25, 0.3) is 0 Å². The third-order valence-corrected chi connectivity index (χ3v) is 4.49. The van der Waals surface area contributed by atoms with Crippen molar-refractivity contribution in [3.8, 4) is 12.3 Å². The molecule has 2 rings (SSSR count). The standard InChI is InChI=1S/C19H28N2/c1-5-12-21-13-10-19(11-14-21)20-16(4)18-8-6-17(7-9-18)15(2)3/h1,6-9,15-16,19-20H,10-14H2,2-4H3. The lowest BCUT2D eigenvalue weighted by Crippen LogP contribution is -2.43. The van der Waals surface area contributed by atoms with Gasteiger partial charge in [-0.15, -0.1) is 6.42 Å². The van der Waals surface area contributed by atoms with E-state index < -0.39 is 0 Å². The van der Waals surface area contributed by atoms with Gasteiger partial charge in [0.1, 0.15) is 0 Å². The SMILES string of the molecule is C#CCN1CCC(NC(C)c2ccc(C(C)C)cc2)CC1. The van der Waals surface area contributed by atoms with E-state index in [9.17, 15) is 0 Å². The van der Waals surface area contributed by atoms with Crippen molar-refractivity contribution in [2.75, 3.05) is 19.6 Å². The van der Waals surface area contributed by atoms with Crippen molar-refractivity contribution in [3.63, 3.8) is 0 Å². The van der Waals surface area contributed by atoms with Crippen molar-refractivity contribution >= 4 is 0 Å². The Hall–Kier alpha value is -1.30. The van der Waals surface area contributed by atoms with Crippen LogP contribution in [0.2, 0.25) is 0 Å². The van der Waals surface area contributed by atoms with Gasteiger partial charge >= 0.3 is 0 Å². The molecular weight excluding hydrogens is 256 g/mol. The molecule has 21 heavy (non-hydrogen) atoms. The number of hydrogen-bond acceptors (Lipinski definition) is 2. The van der Waals surface area contributed by atoms with Gasteiger partial charge in [0.2, 0.25) is 0 Å². The summed E-state index contributed by atoms with van der Waals surface area (Å²) in [5.74, 6) is 3.34. The summed E-state index contributed by atoms with van der Waals surface area (Å²) in [6.07, 6.45) is 7.76. The topological polar surface area (TPSA) is 15.3 Å². The van der Waals surface area contributed by atoms with E-state index in [4.69, 9.17) is 6.42 Å². The Balaban J connectivity index is 1.84. The first-order chi connectivity index (χ1) is 10.1. The molecule has 2 heteroatoms. The van der Waals surface area contributed by atoms with Gasteiger partial charge in [0.05, 0.1) is 6.54 Å². The maximum atomic E-state index is 5.38. The molecule has 2 nitrogen and oxygen atoms in total. The second-order valence-electron chi connectivity index (χ2n) is 6.46. The van der Waals surface area contributed by atoms with Crippen LogP contribution in [0.5, 0.6) is 0 Å². The van der Waals surface area contributed by atoms with Crippen LogP contribution in [0.25, 0.3) is 0 Å². The highest BCUT2D eigenvalue weighted by molar-refractivity contribution is 5.26. The van der Waals surface area contributed by atoms with Crippen molar-refractivity contribution in [2.45, 2.75) is 51.6 Å². The first-order valence-corrected chi connectivity index (χ1v) is 8.12. The summed E-state index contributed by atoms with van der Waals surface area (Å²) in [5.41, 5.74) is 2.79. The molecule has 1 atom stereocenters. The summed E-state index contributed by atoms with van der Waals surface area (Å²) >= 11 is 0. The molecule has 0 aliphatic carbocycles. The molecule has 114 valence electrons. The number of likely N-dealkylation sites (tertiary alicyclic amines) is 1. The molecule has 1 aromatic rings. The second-order valence-corrected chi connectivity index (χ2v) is 6.46. The van der Waals surface area contributed by atoms with Crippen molar-refractivity contribution in [3.05, 3.63) is 35.4 Å². The van der Waals surface area contributed by atoms with Gasteiger partial charge in [0, 0.05) is 25.2 Å². The highest BCUT2D eigenvalue weighted by Crippen LogP contribution is 2.20. The fraction of sp³-hybridized carbons (Fsp3) is 0.579. The molecule has 1 unspecified atom stereocenters. The Bertz CT molecular complexity index is 461. The molecule has 0 amide bonds. The third kappa shape index (κ3) is 4.59. The number of rotatable bonds is 5. The van der Waals surface area contributed by atoms with Crippen molar-refractivity contribution in [1.82, 2.24) is 10.2 Å². The summed E-state index contributed by atoms with van der Waals surface area (Å²) in [5, 5.41) is 3.77. The molecule has 0 radical (unpaired) electrons. The van der Waals surface area contributed by atoms with Gasteiger partial charge in [-0.2, -0.15) is 0 Å². The molecular formula is C19H28N2. The predicted octanol–water partition coefficient (Wildman–Crippen LogP) is 3.56. The Morgan fingerprint density at radius 3 is 2.24 bits per heavy atom. The number of hydrogen-bond donors (Lipinski definition) is 1. The van der Waals surface area contributed by atoms with Crippen LogP contribution in [-0.4, -0.2) is 30.6 Å². The molecule has 0 saturated carbocycles. The Kier molecular flexibility index (Phi) is 5.85. The summed E-state index contributed by atoms with van der Waals surface area (Å²) in [4.78, 5) is 2.36. The van der Waals surface area contributed by atoms with Gasteiger partial charge in [0.15, 0.2) is 0 Å². The summed E-state index contributed by atoms with van der Waals surface area (Å²) in [6.45, 7) is 9.75. The molecule has 0 bridgehead atoms. The Labute approximate surface area is 129 Å². The Morgan fingerprint density at radius 1 is 1.14 bits per heavy atom. The largest absolute Gasteiger partial charge is 0.307 e. The van der Waals surface area contributed by atoms with Crippen LogP contribution in [0.3, 0.4) is 0 Å². The summed E-state index contributed by atoms with van der Waals surface area (Å²) < 4.78 is 0. The first kappa shape index (κ1) is 16.1. The van der Waals surface area contributed by atoms with Gasteiger partial charge in [-0.25, -0.2) is 0 Å².